The highest BCUT2D eigenvalue weighted by molar-refractivity contribution is 6.00. The molecule has 9 heteroatoms. The summed E-state index contributed by atoms with van der Waals surface area (Å²) in [6, 6.07) is 16.6. The molecule has 38 heavy (non-hydrogen) atoms. The summed E-state index contributed by atoms with van der Waals surface area (Å²) in [7, 11) is 0. The zero-order valence-electron chi connectivity index (χ0n) is 21.2. The molecule has 3 aromatic rings. The Morgan fingerprint density at radius 2 is 1.58 bits per heavy atom. The number of fused-ring (bicyclic) bond motifs is 1. The molecule has 2 aliphatic rings. The first-order valence-corrected chi connectivity index (χ1v) is 12.6. The molecule has 198 valence electrons. The van der Waals surface area contributed by atoms with Gasteiger partial charge >= 0.3 is 0 Å². The van der Waals surface area contributed by atoms with E-state index in [0.717, 1.165) is 16.7 Å². The average Bonchev–Trinajstić information content (AvgIpc) is 3.51. The lowest BCUT2D eigenvalue weighted by atomic mass is 9.78. The number of alkyl halides is 2. The number of benzene rings is 2. The molecule has 2 saturated carbocycles. The Balaban J connectivity index is 1.38. The van der Waals surface area contributed by atoms with E-state index in [-0.39, 0.29) is 18.6 Å². The van der Waals surface area contributed by atoms with Crippen molar-refractivity contribution in [2.45, 2.75) is 75.0 Å². The van der Waals surface area contributed by atoms with Crippen LogP contribution in [0.4, 0.5) is 8.78 Å². The molecule has 2 aromatic carbocycles. The van der Waals surface area contributed by atoms with Gasteiger partial charge in [-0.3, -0.25) is 9.59 Å². The monoisotopic (exact) mass is 521 g/mol. The number of amides is 2. The van der Waals surface area contributed by atoms with Crippen molar-refractivity contribution in [1.82, 2.24) is 10.6 Å². The van der Waals surface area contributed by atoms with Crippen LogP contribution in [-0.2, 0) is 10.4 Å². The maximum Gasteiger partial charge on any atom is 0.287 e. The quantitative estimate of drug-likeness (QED) is 0.414. The highest BCUT2D eigenvalue weighted by Gasteiger charge is 2.53. The van der Waals surface area contributed by atoms with E-state index in [1.807, 2.05) is 36.4 Å². The van der Waals surface area contributed by atoms with Crippen LogP contribution in [0.2, 0.25) is 0 Å². The highest BCUT2D eigenvalue weighted by atomic mass is 19.3. The van der Waals surface area contributed by atoms with E-state index in [0.29, 0.717) is 23.8 Å². The molecule has 1 aromatic heterocycles. The zero-order valence-corrected chi connectivity index (χ0v) is 21.2. The van der Waals surface area contributed by atoms with Gasteiger partial charge in [0.25, 0.3) is 5.91 Å². The maximum absolute atomic E-state index is 14.0. The number of hydrogen-bond acceptors (Lipinski definition) is 5. The first kappa shape index (κ1) is 25.9. The fraction of sp³-hybridized carbons (Fsp3) is 0.414. The van der Waals surface area contributed by atoms with Gasteiger partial charge in [0, 0.05) is 18.2 Å². The molecule has 7 nitrogen and oxygen atoms in total. The second-order valence-corrected chi connectivity index (χ2v) is 11.0. The second kappa shape index (κ2) is 8.91. The molecular weight excluding hydrogens is 492 g/mol. The number of rotatable bonds is 6. The number of carbonyl (C=O) groups is 2. The van der Waals surface area contributed by atoms with Crippen LogP contribution in [0.25, 0.3) is 22.1 Å². The van der Waals surface area contributed by atoms with Gasteiger partial charge in [-0.15, -0.1) is 0 Å². The van der Waals surface area contributed by atoms with Gasteiger partial charge < -0.3 is 20.2 Å². The van der Waals surface area contributed by atoms with Crippen LogP contribution in [0.1, 0.15) is 68.5 Å². The van der Waals surface area contributed by atoms with Gasteiger partial charge in [-0.1, -0.05) is 36.4 Å². The average molecular weight is 522 g/mol. The maximum atomic E-state index is 14.0. The number of carbonyl (C=O) groups excluding carboxylic acids is 2. The van der Waals surface area contributed by atoms with Gasteiger partial charge in [0.1, 0.15) is 16.7 Å². The normalized spacial score (nSPS) is 19.4. The summed E-state index contributed by atoms with van der Waals surface area (Å²) >= 11 is 0. The van der Waals surface area contributed by atoms with E-state index in [1.165, 1.54) is 0 Å². The Bertz CT molecular complexity index is 1430. The van der Waals surface area contributed by atoms with Gasteiger partial charge in [0.15, 0.2) is 5.76 Å². The zero-order chi connectivity index (χ0) is 27.3. The van der Waals surface area contributed by atoms with Gasteiger partial charge in [0.2, 0.25) is 11.8 Å². The predicted molar refractivity (Wildman–Crippen MR) is 136 cm³/mol. The predicted octanol–water partition coefficient (Wildman–Crippen LogP) is 5.18. The van der Waals surface area contributed by atoms with E-state index >= 15 is 0 Å². The van der Waals surface area contributed by atoms with E-state index in [2.05, 4.69) is 16.7 Å². The van der Waals surface area contributed by atoms with Gasteiger partial charge in [0.05, 0.1) is 11.7 Å². The molecule has 1 heterocycles. The summed E-state index contributed by atoms with van der Waals surface area (Å²) in [5, 5.41) is 25.6. The molecule has 2 fully saturated rings. The number of hydrogen-bond donors (Lipinski definition) is 3. The largest absolute Gasteiger partial charge is 0.451 e. The minimum absolute atomic E-state index is 0.0412. The van der Waals surface area contributed by atoms with Crippen LogP contribution in [0, 0.1) is 11.3 Å². The molecule has 0 radical (unpaired) electrons. The Morgan fingerprint density at radius 3 is 2.16 bits per heavy atom. The summed E-state index contributed by atoms with van der Waals surface area (Å²) in [6.07, 6.45) is -0.607. The minimum atomic E-state index is -2.91. The van der Waals surface area contributed by atoms with E-state index in [1.54, 1.807) is 26.0 Å². The molecule has 0 unspecified atom stereocenters. The number of nitrogens with zero attached hydrogens (tertiary/aromatic N) is 1. The molecule has 0 bridgehead atoms. The number of halogens is 2. The lowest BCUT2D eigenvalue weighted by Gasteiger charge is -2.39. The highest BCUT2D eigenvalue weighted by Crippen LogP contribution is 2.41. The third-order valence-electron chi connectivity index (χ3n) is 7.61. The Labute approximate surface area is 218 Å². The van der Waals surface area contributed by atoms with Crippen molar-refractivity contribution in [2.75, 3.05) is 0 Å². The van der Waals surface area contributed by atoms with Crippen molar-refractivity contribution in [3.8, 4) is 17.2 Å². The first-order chi connectivity index (χ1) is 17.8. The van der Waals surface area contributed by atoms with Gasteiger partial charge in [-0.25, -0.2) is 8.78 Å². The smallest absolute Gasteiger partial charge is 0.287 e. The standard InChI is InChI=1S/C29H29F2N3O4/c1-26(2,37)21-7-5-18(6-8-21)19-3-4-20-16-23(38-22(20)15-19)24(35)33-28(11-13-29(30,31)14-12-28)25(36)34-27(17-32)9-10-27/h3-8,15-16,37H,9-14H2,1-2H3,(H,33,35)(H,34,36). The number of nitrogens with one attached hydrogen (secondary N) is 2. The summed E-state index contributed by atoms with van der Waals surface area (Å²) in [5.74, 6) is -4.25. The molecule has 0 spiro atoms. The van der Waals surface area contributed by atoms with Crippen LogP contribution in [0.15, 0.2) is 52.9 Å². The number of furan rings is 1. The van der Waals surface area contributed by atoms with E-state index in [9.17, 15) is 28.7 Å². The van der Waals surface area contributed by atoms with Crippen molar-refractivity contribution in [2.24, 2.45) is 0 Å². The second-order valence-electron chi connectivity index (χ2n) is 11.0. The van der Waals surface area contributed by atoms with E-state index < -0.39 is 47.3 Å². The summed E-state index contributed by atoms with van der Waals surface area (Å²) in [5.41, 5.74) is -0.533. The van der Waals surface area contributed by atoms with Crippen LogP contribution in [0.3, 0.4) is 0 Å². The number of aliphatic hydroxyl groups is 1. The van der Waals surface area contributed by atoms with Gasteiger partial charge in [-0.05, 0) is 68.4 Å². The summed E-state index contributed by atoms with van der Waals surface area (Å²) in [6.45, 7) is 3.42. The third-order valence-corrected chi connectivity index (χ3v) is 7.61. The van der Waals surface area contributed by atoms with Crippen molar-refractivity contribution < 1.29 is 27.9 Å². The summed E-state index contributed by atoms with van der Waals surface area (Å²) < 4.78 is 33.7. The van der Waals surface area contributed by atoms with Crippen LogP contribution >= 0.6 is 0 Å². The fourth-order valence-electron chi connectivity index (χ4n) is 4.85. The Hall–Kier alpha value is -3.77. The number of nitriles is 1. The molecule has 5 rings (SSSR count). The lowest BCUT2D eigenvalue weighted by Crippen LogP contribution is -2.62. The van der Waals surface area contributed by atoms with Gasteiger partial charge in [-0.2, -0.15) is 5.26 Å². The van der Waals surface area contributed by atoms with E-state index in [4.69, 9.17) is 4.42 Å². The molecule has 2 amide bonds. The Morgan fingerprint density at radius 1 is 0.947 bits per heavy atom. The molecule has 0 atom stereocenters. The van der Waals surface area contributed by atoms with Crippen LogP contribution in [-0.4, -0.2) is 33.9 Å². The van der Waals surface area contributed by atoms with Crippen LogP contribution < -0.4 is 10.6 Å². The summed E-state index contributed by atoms with van der Waals surface area (Å²) in [4.78, 5) is 26.4. The van der Waals surface area contributed by atoms with Crippen molar-refractivity contribution >= 4 is 22.8 Å². The van der Waals surface area contributed by atoms with Crippen molar-refractivity contribution in [3.05, 3.63) is 59.9 Å². The molecule has 0 aliphatic heterocycles. The molecule has 0 saturated heterocycles. The third kappa shape index (κ3) is 5.01. The van der Waals surface area contributed by atoms with Crippen LogP contribution in [0.5, 0.6) is 0 Å². The van der Waals surface area contributed by atoms with Crippen molar-refractivity contribution in [3.63, 3.8) is 0 Å². The fourth-order valence-corrected chi connectivity index (χ4v) is 4.85. The molecular formula is C29H29F2N3O4. The molecule has 3 N–H and O–H groups in total. The first-order valence-electron chi connectivity index (χ1n) is 12.6. The Kier molecular flexibility index (Phi) is 6.07. The lowest BCUT2D eigenvalue weighted by molar-refractivity contribution is -0.133. The minimum Gasteiger partial charge on any atom is -0.451 e. The topological polar surface area (TPSA) is 115 Å². The SMILES string of the molecule is CC(C)(O)c1ccc(-c2ccc3cc(C(=O)NC4(C(=O)NC5(C#N)CC5)CCC(F)(F)CC4)oc3c2)cc1. The van der Waals surface area contributed by atoms with Crippen molar-refractivity contribution in [1.29, 1.82) is 5.26 Å². The molecule has 2 aliphatic carbocycles.